The van der Waals surface area contributed by atoms with E-state index in [0.29, 0.717) is 112 Å². The summed E-state index contributed by atoms with van der Waals surface area (Å²) < 4.78 is 164. The summed E-state index contributed by atoms with van der Waals surface area (Å²) in [6.45, 7) is 14.1. The number of aromatic amines is 3. The number of aryl methyl sites for hydroxylation is 1. The van der Waals surface area contributed by atoms with Crippen molar-refractivity contribution in [2.75, 3.05) is 57.8 Å². The lowest BCUT2D eigenvalue weighted by atomic mass is 9.93. The number of hydrogen-bond donors (Lipinski definition) is 6. The third kappa shape index (κ3) is 21.4. The number of piperidine rings is 1. The van der Waals surface area contributed by atoms with E-state index in [0.717, 1.165) is 115 Å². The Labute approximate surface area is 819 Å². The smallest absolute Gasteiger partial charge is 0.231 e. The van der Waals surface area contributed by atoms with E-state index in [2.05, 4.69) is 50.3 Å². The average molecular weight is 2040 g/mol. The van der Waals surface area contributed by atoms with Gasteiger partial charge in [0.1, 0.15) is 52.4 Å². The minimum Gasteiger partial charge on any atom is -0.381 e. The fourth-order valence-corrected chi connectivity index (χ4v) is 23.0. The van der Waals surface area contributed by atoms with Gasteiger partial charge in [-0.15, -0.1) is 0 Å². The molecule has 6 aromatic heterocycles. The molecule has 11 aromatic rings. The summed E-state index contributed by atoms with van der Waals surface area (Å²) in [4.78, 5) is 55.9. The van der Waals surface area contributed by atoms with Crippen molar-refractivity contribution in [3.63, 3.8) is 0 Å². The molecule has 4 fully saturated rings. The normalized spacial score (nSPS) is 19.6. The minimum atomic E-state index is -1.08. The predicted molar refractivity (Wildman–Crippen MR) is 511 cm³/mol. The van der Waals surface area contributed by atoms with Crippen LogP contribution in [-0.2, 0) is 129 Å². The molecule has 20 rings (SSSR count). The largest absolute Gasteiger partial charge is 0.381 e. The first-order valence-corrected chi connectivity index (χ1v) is 49.0. The molecule has 14 heterocycles. The van der Waals surface area contributed by atoms with Gasteiger partial charge in [-0.1, -0.05) is 58.9 Å². The van der Waals surface area contributed by atoms with Gasteiger partial charge in [0.05, 0.1) is 34.3 Å². The molecule has 0 radical (unpaired) electrons. The molecular weight excluding hydrogens is 1930 g/mol. The van der Waals surface area contributed by atoms with Gasteiger partial charge >= 0.3 is 0 Å². The van der Waals surface area contributed by atoms with Crippen LogP contribution in [0, 0.1) is 82.0 Å². The third-order valence-corrected chi connectivity index (χ3v) is 30.5. The molecule has 8 aliphatic heterocycles. The van der Waals surface area contributed by atoms with Crippen LogP contribution < -0.4 is 16.0 Å². The Kier molecular flexibility index (Phi) is 31.2. The maximum absolute atomic E-state index is 14.5. The molecule has 9 aliphatic rings. The van der Waals surface area contributed by atoms with E-state index in [-0.39, 0.29) is 97.6 Å². The van der Waals surface area contributed by atoms with E-state index in [1.165, 1.54) is 112 Å². The molecule has 0 bridgehead atoms. The summed E-state index contributed by atoms with van der Waals surface area (Å²) >= 11 is 50.9. The predicted octanol–water partition coefficient (Wildman–Crippen LogP) is 21.1. The number of rotatable bonds is 21. The Balaban J connectivity index is 0.000000123. The molecule has 5 aromatic carbocycles. The highest BCUT2D eigenvalue weighted by Gasteiger charge is 2.63. The Hall–Kier alpha value is -8.85. The Morgan fingerprint density at radius 3 is 1.50 bits per heavy atom. The maximum atomic E-state index is 14.5. The van der Waals surface area contributed by atoms with E-state index in [1.54, 1.807) is 46.6 Å². The minimum absolute atomic E-state index is 0.0177. The molecule has 3 saturated heterocycles. The lowest BCUT2D eigenvalue weighted by molar-refractivity contribution is -0.122. The molecule has 1 saturated carbocycles. The molecule has 6 atom stereocenters. The van der Waals surface area contributed by atoms with E-state index >= 15 is 0 Å². The zero-order chi connectivity index (χ0) is 95.9. The highest BCUT2D eigenvalue weighted by Crippen LogP contribution is 2.67. The molecule has 3 amide bonds. The molecule has 20 nitrogen and oxygen atoms in total. The standard InChI is InChI=1S/C20H17ClF2N4OS.C20H22ClF2N3O2S.C20H23ClFN3S.C19H22F3N3S.C17H18ClF2N3OS/c1-26-14(9-17(28)25-16-4-2-3-7-24-16)15-8-11(10-27(15)20(26)29)18-13(22)6-5-12(21)19(18)23;1-25-15(9-17(27)24-12-4-6-28-7-5-12)16-8-11(10-26(16)20(25)29)18-14(22)3-2-13(21)19(18)23;21-13-4-5-16(22)14(10-13)20-11-15(20)18-17(23-19(26)25(18)12-20)6-9-24-7-2-1-3-8-24;20-13-5-6-14(21)18(22)17(13)12-10-16-15(23-19(26)25(16)11-12)4-3-9-24-7-1-2-8-24;1-8(2)21-14(24)6-12-13-5-9(7-23(13)17(25)22-12)15-11(19)4-3-10(18)16(15)20/h2-7,11H,8-10H2,1H3,(H,24,25,28);2-3,11-12H,4-10H2,1H3,(H,24,27);4-5,10,15H,1-3,6-9,11-12H2,(H,23,26);5-6,12H,1-4,7-11H2,(H,23,26);3-4,8-9H,5-7H2,1-2H3,(H,21,24)(H,22,25)/t2*11-;15-,20+;12-;9-/m11001/s1. The van der Waals surface area contributed by atoms with Gasteiger partial charge < -0.3 is 77.4 Å². The van der Waals surface area contributed by atoms with E-state index < -0.39 is 76.0 Å². The van der Waals surface area contributed by atoms with Crippen LogP contribution in [0.3, 0.4) is 0 Å². The number of H-pyrrole nitrogens is 3. The number of ether oxygens (including phenoxy) is 1. The van der Waals surface area contributed by atoms with Gasteiger partial charge in [-0.25, -0.2) is 48.9 Å². The number of imidazole rings is 5. The first kappa shape index (κ1) is 99.2. The lowest BCUT2D eigenvalue weighted by Gasteiger charge is -2.26. The van der Waals surface area contributed by atoms with Crippen molar-refractivity contribution in [2.24, 2.45) is 14.1 Å². The zero-order valence-corrected chi connectivity index (χ0v) is 81.7. The summed E-state index contributed by atoms with van der Waals surface area (Å²) in [6.07, 6.45) is 15.6. The van der Waals surface area contributed by atoms with Crippen LogP contribution in [0.1, 0.15) is 186 Å². The second kappa shape index (κ2) is 42.5. The van der Waals surface area contributed by atoms with Crippen molar-refractivity contribution < 1.29 is 63.0 Å². The molecule has 39 heteroatoms. The molecule has 6 N–H and O–H groups in total. The van der Waals surface area contributed by atoms with Crippen LogP contribution in [0.2, 0.25) is 20.1 Å². The van der Waals surface area contributed by atoms with Gasteiger partial charge in [-0.05, 0) is 276 Å². The molecule has 135 heavy (non-hydrogen) atoms. The number of fused-ring (bicyclic) bond motifs is 7. The second-order valence-electron chi connectivity index (χ2n) is 36.4. The van der Waals surface area contributed by atoms with Crippen LogP contribution >= 0.6 is 107 Å². The number of nitrogens with one attached hydrogen (secondary N) is 6. The van der Waals surface area contributed by atoms with Gasteiger partial charge in [-0.2, -0.15) is 0 Å². The van der Waals surface area contributed by atoms with Crippen molar-refractivity contribution in [1.82, 2.24) is 72.3 Å². The first-order chi connectivity index (χ1) is 64.6. The van der Waals surface area contributed by atoms with Crippen LogP contribution in [0.25, 0.3) is 0 Å². The number of amides is 3. The monoisotopic (exact) mass is 2030 g/mol. The van der Waals surface area contributed by atoms with Crippen molar-refractivity contribution >= 4 is 131 Å². The number of benzene rings is 5. The highest BCUT2D eigenvalue weighted by atomic mass is 35.5. The number of carbonyl (C=O) groups is 3. The van der Waals surface area contributed by atoms with Crippen molar-refractivity contribution in [2.45, 2.75) is 209 Å². The van der Waals surface area contributed by atoms with Gasteiger partial charge in [0.2, 0.25) is 17.7 Å². The first-order valence-electron chi connectivity index (χ1n) is 45.4. The maximum Gasteiger partial charge on any atom is 0.231 e. The molecule has 718 valence electrons. The van der Waals surface area contributed by atoms with Gasteiger partial charge in [0, 0.05) is 210 Å². The summed E-state index contributed by atoms with van der Waals surface area (Å²) in [5, 5.41) is 8.90. The number of aromatic nitrogens is 11. The molecule has 0 unspecified atom stereocenters. The van der Waals surface area contributed by atoms with Gasteiger partial charge in [0.15, 0.2) is 35.5 Å². The quantitative estimate of drug-likeness (QED) is 0.0226. The van der Waals surface area contributed by atoms with Crippen molar-refractivity contribution in [1.29, 1.82) is 0 Å². The van der Waals surface area contributed by atoms with Crippen LogP contribution in [0.5, 0.6) is 0 Å². The summed E-state index contributed by atoms with van der Waals surface area (Å²) in [5.74, 6) is -8.30. The number of carbonyl (C=O) groups excluding carboxylic acids is 3. The number of nitrogens with zero attached hydrogens (tertiary/aromatic N) is 10. The SMILES string of the molecule is CC(C)NC(=O)Cc1[nH]c(=S)n2c1C[C@@H](c1c(F)ccc(Cl)c1F)C2.Cn1c(CC(=O)NC2CCOCC2)c2n(c1=S)C[C@H](c1c(F)ccc(Cl)c1F)C2.Cn1c(CC(=O)Nc2ccccn2)c2n(c1=S)C[C@H](c1c(F)ccc(Cl)c1F)C2.Fc1ccc(Cl)cc1[C@]12C[C@H]1c1c(CCN3CCCCC3)[nH]c(=S)n1C2.Fc1ccc(F)c([C@H]2Cc3c(CCCN4CCCC4)[nH]c(=S)n3C2)c1F. The average Bonchev–Trinajstić information content (AvgIpc) is 1.50. The zero-order valence-electron chi connectivity index (χ0n) is 74.6. The second-order valence-corrected chi connectivity index (χ2v) is 40.0. The van der Waals surface area contributed by atoms with Gasteiger partial charge in [0.25, 0.3) is 0 Å². The van der Waals surface area contributed by atoms with Crippen LogP contribution in [0.4, 0.5) is 49.7 Å². The fraction of sp³-hybridized carbons (Fsp3) is 0.448. The number of hydrogen-bond acceptors (Lipinski definition) is 12. The van der Waals surface area contributed by atoms with Crippen LogP contribution in [-0.4, -0.2) is 144 Å². The van der Waals surface area contributed by atoms with Crippen LogP contribution in [0.15, 0.2) is 91.1 Å². The molecule has 0 spiro atoms. The Bertz CT molecular complexity index is 6670. The molecular formula is C96H102Cl4F10N16O4S5. The van der Waals surface area contributed by atoms with Crippen molar-refractivity contribution in [3.8, 4) is 0 Å². The Morgan fingerprint density at radius 1 is 0.504 bits per heavy atom. The third-order valence-electron chi connectivity index (χ3n) is 27.4. The lowest BCUT2D eigenvalue weighted by Crippen LogP contribution is -2.40. The Morgan fingerprint density at radius 2 is 0.963 bits per heavy atom. The fourth-order valence-electron chi connectivity index (χ4n) is 20.8. The summed E-state index contributed by atoms with van der Waals surface area (Å²) in [5.41, 5.74) is 9.65. The van der Waals surface area contributed by atoms with E-state index in [1.807, 2.05) is 45.2 Å². The van der Waals surface area contributed by atoms with E-state index in [4.69, 9.17) is 112 Å². The molecule has 1 aliphatic carbocycles. The van der Waals surface area contributed by atoms with Gasteiger partial charge in [-0.3, -0.25) is 14.4 Å². The van der Waals surface area contributed by atoms with Crippen molar-refractivity contribution in [3.05, 3.63) is 278 Å². The number of anilines is 1. The highest BCUT2D eigenvalue weighted by molar-refractivity contribution is 7.72. The summed E-state index contributed by atoms with van der Waals surface area (Å²) in [6, 6.07) is 19.3. The summed E-state index contributed by atoms with van der Waals surface area (Å²) in [7, 11) is 3.60. The topological polar surface area (TPSA) is 198 Å². The number of likely N-dealkylation sites (tertiary alicyclic amines) is 2. The number of halogens is 14. The number of pyridine rings is 1. The van der Waals surface area contributed by atoms with E-state index in [9.17, 15) is 58.3 Å².